The van der Waals surface area contributed by atoms with E-state index in [1.807, 2.05) is 0 Å². The lowest BCUT2D eigenvalue weighted by Crippen LogP contribution is -2.22. The molecule has 0 aliphatic rings. The van der Waals surface area contributed by atoms with Gasteiger partial charge in [-0.2, -0.15) is 13.2 Å². The molecule has 0 bridgehead atoms. The van der Waals surface area contributed by atoms with Crippen molar-refractivity contribution < 1.29 is 13.2 Å². The van der Waals surface area contributed by atoms with Crippen LogP contribution in [0.4, 0.5) is 13.2 Å². The van der Waals surface area contributed by atoms with Crippen molar-refractivity contribution in [3.05, 3.63) is 40.9 Å². The van der Waals surface area contributed by atoms with Crippen LogP contribution in [-0.4, -0.2) is 10.9 Å². The van der Waals surface area contributed by atoms with Gasteiger partial charge < -0.3 is 11.5 Å². The standard InChI is InChI=1S/C12H11F3N4S/c13-12(14,15)8-3-1-7(2-4-8)10-19-9(6-20-10)5-18-11(16)17/h1-4,6H,5H2,(H4,16,17,18). The van der Waals surface area contributed by atoms with Gasteiger partial charge in [0.15, 0.2) is 5.96 Å². The van der Waals surface area contributed by atoms with Crippen LogP contribution in [0.15, 0.2) is 34.6 Å². The van der Waals surface area contributed by atoms with Crippen molar-refractivity contribution in [1.82, 2.24) is 4.98 Å². The molecule has 106 valence electrons. The molecule has 0 aliphatic heterocycles. The number of aliphatic imine (C=N–C) groups is 1. The summed E-state index contributed by atoms with van der Waals surface area (Å²) in [4.78, 5) is 8.08. The molecule has 1 aromatic heterocycles. The average Bonchev–Trinajstić information content (AvgIpc) is 2.84. The number of hydrogen-bond donors (Lipinski definition) is 2. The number of hydrogen-bond acceptors (Lipinski definition) is 3. The third kappa shape index (κ3) is 3.47. The second kappa shape index (κ2) is 5.49. The quantitative estimate of drug-likeness (QED) is 0.675. The van der Waals surface area contributed by atoms with Crippen LogP contribution >= 0.6 is 11.3 Å². The first-order valence-electron chi connectivity index (χ1n) is 5.53. The number of benzene rings is 1. The van der Waals surface area contributed by atoms with Crippen LogP contribution in [0.3, 0.4) is 0 Å². The molecule has 4 nitrogen and oxygen atoms in total. The summed E-state index contributed by atoms with van der Waals surface area (Å²) in [6, 6.07) is 4.86. The SMILES string of the molecule is NC(N)=NCc1csc(-c2ccc(C(F)(F)F)cc2)n1. The van der Waals surface area contributed by atoms with Gasteiger partial charge in [0.25, 0.3) is 0 Å². The highest BCUT2D eigenvalue weighted by Crippen LogP contribution is 2.31. The summed E-state index contributed by atoms with van der Waals surface area (Å²) in [6.07, 6.45) is -4.33. The highest BCUT2D eigenvalue weighted by molar-refractivity contribution is 7.13. The Morgan fingerprint density at radius 3 is 2.40 bits per heavy atom. The Morgan fingerprint density at radius 2 is 1.85 bits per heavy atom. The van der Waals surface area contributed by atoms with Crippen molar-refractivity contribution in [2.75, 3.05) is 0 Å². The van der Waals surface area contributed by atoms with Gasteiger partial charge in [-0.1, -0.05) is 12.1 Å². The Bertz CT molecular complexity index is 612. The van der Waals surface area contributed by atoms with Crippen LogP contribution in [0.25, 0.3) is 10.6 Å². The van der Waals surface area contributed by atoms with Gasteiger partial charge in [-0.15, -0.1) is 11.3 Å². The molecule has 0 fully saturated rings. The number of alkyl halides is 3. The minimum absolute atomic E-state index is 0.0333. The zero-order chi connectivity index (χ0) is 14.8. The summed E-state index contributed by atoms with van der Waals surface area (Å²) >= 11 is 1.32. The molecule has 8 heteroatoms. The van der Waals surface area contributed by atoms with Crippen molar-refractivity contribution in [2.24, 2.45) is 16.5 Å². The topological polar surface area (TPSA) is 77.3 Å². The number of halogens is 3. The van der Waals surface area contributed by atoms with E-state index in [1.54, 1.807) is 5.38 Å². The molecule has 4 N–H and O–H groups in total. The van der Waals surface area contributed by atoms with Crippen LogP contribution in [0, 0.1) is 0 Å². The predicted octanol–water partition coefficient (Wildman–Crippen LogP) is 2.60. The maximum atomic E-state index is 12.5. The zero-order valence-electron chi connectivity index (χ0n) is 10.2. The summed E-state index contributed by atoms with van der Waals surface area (Å²) in [5, 5.41) is 2.39. The summed E-state index contributed by atoms with van der Waals surface area (Å²) in [6.45, 7) is 0.249. The van der Waals surface area contributed by atoms with Crippen LogP contribution in [-0.2, 0) is 12.7 Å². The summed E-state index contributed by atoms with van der Waals surface area (Å²) in [5.74, 6) is -0.0333. The highest BCUT2D eigenvalue weighted by Gasteiger charge is 2.30. The predicted molar refractivity (Wildman–Crippen MR) is 72.1 cm³/mol. The van der Waals surface area contributed by atoms with Gasteiger partial charge in [0.1, 0.15) is 5.01 Å². The van der Waals surface area contributed by atoms with E-state index in [-0.39, 0.29) is 12.5 Å². The van der Waals surface area contributed by atoms with Crippen LogP contribution < -0.4 is 11.5 Å². The Labute approximate surface area is 117 Å². The number of guanidine groups is 1. The summed E-state index contributed by atoms with van der Waals surface area (Å²) in [7, 11) is 0. The third-order valence-corrected chi connectivity index (χ3v) is 3.37. The molecule has 0 amide bonds. The van der Waals surface area contributed by atoms with Gasteiger partial charge in [-0.3, -0.25) is 0 Å². The minimum Gasteiger partial charge on any atom is -0.370 e. The number of nitrogens with zero attached hydrogens (tertiary/aromatic N) is 2. The molecule has 0 radical (unpaired) electrons. The number of thiazole rings is 1. The van der Waals surface area contributed by atoms with Crippen LogP contribution in [0.1, 0.15) is 11.3 Å². The second-order valence-corrected chi connectivity index (χ2v) is 4.82. The molecule has 0 spiro atoms. The Kier molecular flexibility index (Phi) is 3.93. The lowest BCUT2D eigenvalue weighted by atomic mass is 10.1. The number of nitrogens with two attached hydrogens (primary N) is 2. The van der Waals surface area contributed by atoms with E-state index in [0.717, 1.165) is 12.1 Å². The molecule has 1 aromatic carbocycles. The van der Waals surface area contributed by atoms with Gasteiger partial charge in [0.2, 0.25) is 0 Å². The molecule has 0 saturated heterocycles. The smallest absolute Gasteiger partial charge is 0.370 e. The van der Waals surface area contributed by atoms with Gasteiger partial charge in [-0.05, 0) is 12.1 Å². The first kappa shape index (κ1) is 14.3. The van der Waals surface area contributed by atoms with Crippen molar-refractivity contribution in [3.8, 4) is 10.6 Å². The van der Waals surface area contributed by atoms with Gasteiger partial charge in [0.05, 0.1) is 17.8 Å². The molecule has 20 heavy (non-hydrogen) atoms. The molecule has 1 heterocycles. The van der Waals surface area contributed by atoms with E-state index < -0.39 is 11.7 Å². The van der Waals surface area contributed by atoms with Gasteiger partial charge in [0, 0.05) is 10.9 Å². The maximum absolute atomic E-state index is 12.5. The fourth-order valence-corrected chi connectivity index (χ4v) is 2.30. The van der Waals surface area contributed by atoms with E-state index in [0.29, 0.717) is 16.3 Å². The van der Waals surface area contributed by atoms with Gasteiger partial charge >= 0.3 is 6.18 Å². The van der Waals surface area contributed by atoms with E-state index >= 15 is 0 Å². The molecule has 0 unspecified atom stereocenters. The Hall–Kier alpha value is -2.09. The van der Waals surface area contributed by atoms with Crippen LogP contribution in [0.5, 0.6) is 0 Å². The molecule has 2 rings (SSSR count). The lowest BCUT2D eigenvalue weighted by Gasteiger charge is -2.06. The largest absolute Gasteiger partial charge is 0.416 e. The maximum Gasteiger partial charge on any atom is 0.416 e. The molecule has 0 atom stereocenters. The molecule has 0 aliphatic carbocycles. The zero-order valence-corrected chi connectivity index (χ0v) is 11.0. The molecular weight excluding hydrogens is 289 g/mol. The van der Waals surface area contributed by atoms with Crippen molar-refractivity contribution in [1.29, 1.82) is 0 Å². The Morgan fingerprint density at radius 1 is 1.20 bits per heavy atom. The van der Waals surface area contributed by atoms with E-state index in [9.17, 15) is 13.2 Å². The molecule has 0 saturated carbocycles. The number of aromatic nitrogens is 1. The van der Waals surface area contributed by atoms with Crippen molar-refractivity contribution in [2.45, 2.75) is 12.7 Å². The monoisotopic (exact) mass is 300 g/mol. The van der Waals surface area contributed by atoms with Crippen molar-refractivity contribution in [3.63, 3.8) is 0 Å². The van der Waals surface area contributed by atoms with E-state index in [2.05, 4.69) is 9.98 Å². The van der Waals surface area contributed by atoms with E-state index in [4.69, 9.17) is 11.5 Å². The Balaban J connectivity index is 2.18. The average molecular weight is 300 g/mol. The van der Waals surface area contributed by atoms with Gasteiger partial charge in [-0.25, -0.2) is 9.98 Å². The second-order valence-electron chi connectivity index (χ2n) is 3.96. The van der Waals surface area contributed by atoms with Crippen molar-refractivity contribution >= 4 is 17.3 Å². The molecule has 2 aromatic rings. The highest BCUT2D eigenvalue weighted by atomic mass is 32.1. The lowest BCUT2D eigenvalue weighted by molar-refractivity contribution is -0.137. The minimum atomic E-state index is -4.33. The fourth-order valence-electron chi connectivity index (χ4n) is 1.49. The normalized spacial score (nSPS) is 11.3. The third-order valence-electron chi connectivity index (χ3n) is 2.43. The fraction of sp³-hybridized carbons (Fsp3) is 0.167. The summed E-state index contributed by atoms with van der Waals surface area (Å²) < 4.78 is 37.4. The first-order chi connectivity index (χ1) is 9.36. The first-order valence-corrected chi connectivity index (χ1v) is 6.41. The number of rotatable bonds is 3. The van der Waals surface area contributed by atoms with E-state index in [1.165, 1.54) is 23.5 Å². The van der Waals surface area contributed by atoms with Crippen LogP contribution in [0.2, 0.25) is 0 Å². The molecular formula is C12H11F3N4S. The summed E-state index contributed by atoms with van der Waals surface area (Å²) in [5.41, 5.74) is 11.0.